The molecule has 0 unspecified atom stereocenters. The van der Waals surface area contributed by atoms with E-state index >= 15 is 0 Å². The van der Waals surface area contributed by atoms with Crippen LogP contribution in [0.15, 0.2) is 36.8 Å². The van der Waals surface area contributed by atoms with E-state index in [1.807, 2.05) is 34.1 Å². The molecule has 2 fully saturated rings. The lowest BCUT2D eigenvalue weighted by Crippen LogP contribution is -2.45. The lowest BCUT2D eigenvalue weighted by Gasteiger charge is -2.36. The smallest absolute Gasteiger partial charge is 0.254 e. The van der Waals surface area contributed by atoms with Gasteiger partial charge in [0.2, 0.25) is 5.91 Å². The lowest BCUT2D eigenvalue weighted by atomic mass is 9.97. The van der Waals surface area contributed by atoms with Crippen LogP contribution in [-0.2, 0) is 4.79 Å². The van der Waals surface area contributed by atoms with E-state index in [4.69, 9.17) is 0 Å². The molecule has 0 spiro atoms. The van der Waals surface area contributed by atoms with Crippen LogP contribution in [0.3, 0.4) is 0 Å². The second-order valence-electron chi connectivity index (χ2n) is 7.47. The van der Waals surface area contributed by atoms with Crippen molar-refractivity contribution in [3.05, 3.63) is 42.4 Å². The van der Waals surface area contributed by atoms with Gasteiger partial charge in [-0.05, 0) is 44.2 Å². The minimum atomic E-state index is 0.0915. The van der Waals surface area contributed by atoms with Crippen LogP contribution in [0.5, 0.6) is 0 Å². The molecule has 6 nitrogen and oxygen atoms in total. The van der Waals surface area contributed by atoms with Crippen LogP contribution in [0.2, 0.25) is 0 Å². The molecule has 2 aliphatic heterocycles. The van der Waals surface area contributed by atoms with Gasteiger partial charge in [-0.1, -0.05) is 12.1 Å². The Labute approximate surface area is 159 Å². The first-order chi connectivity index (χ1) is 13.2. The van der Waals surface area contributed by atoms with E-state index in [2.05, 4.69) is 9.97 Å². The summed E-state index contributed by atoms with van der Waals surface area (Å²) in [7, 11) is 0. The topological polar surface area (TPSA) is 69.3 Å². The van der Waals surface area contributed by atoms with Gasteiger partial charge >= 0.3 is 0 Å². The van der Waals surface area contributed by atoms with E-state index in [-0.39, 0.29) is 17.9 Å². The number of hydrogen-bond donors (Lipinski definition) is 1. The molecule has 0 saturated carbocycles. The van der Waals surface area contributed by atoms with E-state index in [1.165, 1.54) is 0 Å². The third-order valence-corrected chi connectivity index (χ3v) is 5.71. The van der Waals surface area contributed by atoms with Gasteiger partial charge in [-0.25, -0.2) is 4.98 Å². The molecule has 0 radical (unpaired) electrons. The number of nitrogens with zero attached hydrogens (tertiary/aromatic N) is 3. The molecule has 3 heterocycles. The highest BCUT2D eigenvalue weighted by Gasteiger charge is 2.29. The molecular weight excluding hydrogens is 340 g/mol. The number of H-pyrrole nitrogens is 1. The maximum Gasteiger partial charge on any atom is 0.254 e. The SMILES string of the molecule is O=C1CCCN1CC[C@@H]1CCCCN1C(=O)c1cccc(-c2cnc[nH]2)c1. The second-order valence-corrected chi connectivity index (χ2v) is 7.47. The number of carbonyl (C=O) groups is 2. The average Bonchev–Trinajstić information content (AvgIpc) is 3.38. The monoisotopic (exact) mass is 366 g/mol. The van der Waals surface area contributed by atoms with Gasteiger partial charge < -0.3 is 14.8 Å². The third-order valence-electron chi connectivity index (χ3n) is 5.71. The molecule has 4 rings (SSSR count). The number of imidazole rings is 1. The Morgan fingerprint density at radius 1 is 1.22 bits per heavy atom. The average molecular weight is 366 g/mol. The number of piperidine rings is 1. The zero-order valence-corrected chi connectivity index (χ0v) is 15.6. The van der Waals surface area contributed by atoms with Gasteiger partial charge in [0.1, 0.15) is 0 Å². The van der Waals surface area contributed by atoms with Crippen molar-refractivity contribution in [1.82, 2.24) is 19.8 Å². The number of likely N-dealkylation sites (tertiary alicyclic amines) is 2. The van der Waals surface area contributed by atoms with E-state index in [0.717, 1.165) is 63.0 Å². The highest BCUT2D eigenvalue weighted by Crippen LogP contribution is 2.25. The summed E-state index contributed by atoms with van der Waals surface area (Å²) in [6.07, 6.45) is 9.14. The number of aromatic amines is 1. The van der Waals surface area contributed by atoms with Crippen LogP contribution < -0.4 is 0 Å². The van der Waals surface area contributed by atoms with Crippen molar-refractivity contribution in [2.45, 2.75) is 44.6 Å². The summed E-state index contributed by atoms with van der Waals surface area (Å²) in [4.78, 5) is 36.2. The number of nitrogens with one attached hydrogen (secondary N) is 1. The maximum absolute atomic E-state index is 13.2. The Kier molecular flexibility index (Phi) is 5.23. The predicted molar refractivity (Wildman–Crippen MR) is 103 cm³/mol. The normalized spacial score (nSPS) is 20.3. The minimum absolute atomic E-state index is 0.0915. The van der Waals surface area contributed by atoms with E-state index < -0.39 is 0 Å². The van der Waals surface area contributed by atoms with Crippen molar-refractivity contribution in [3.8, 4) is 11.3 Å². The Morgan fingerprint density at radius 2 is 2.15 bits per heavy atom. The van der Waals surface area contributed by atoms with Crippen molar-refractivity contribution >= 4 is 11.8 Å². The van der Waals surface area contributed by atoms with Gasteiger partial charge in [-0.3, -0.25) is 9.59 Å². The first-order valence-electron chi connectivity index (χ1n) is 9.90. The Morgan fingerprint density at radius 3 is 2.93 bits per heavy atom. The summed E-state index contributed by atoms with van der Waals surface area (Å²) in [6.45, 7) is 2.43. The number of amides is 2. The zero-order chi connectivity index (χ0) is 18.6. The number of benzene rings is 1. The highest BCUT2D eigenvalue weighted by atomic mass is 16.2. The van der Waals surface area contributed by atoms with Crippen LogP contribution in [0.4, 0.5) is 0 Å². The van der Waals surface area contributed by atoms with Crippen LogP contribution in [0.1, 0.15) is 48.9 Å². The molecule has 2 aromatic rings. The van der Waals surface area contributed by atoms with E-state index in [9.17, 15) is 9.59 Å². The summed E-state index contributed by atoms with van der Waals surface area (Å²) in [6, 6.07) is 7.95. The van der Waals surface area contributed by atoms with Crippen LogP contribution in [-0.4, -0.2) is 57.3 Å². The highest BCUT2D eigenvalue weighted by molar-refractivity contribution is 5.95. The largest absolute Gasteiger partial charge is 0.345 e. The molecular formula is C21H26N4O2. The molecule has 2 aliphatic rings. The molecule has 1 aromatic carbocycles. The van der Waals surface area contributed by atoms with Gasteiger partial charge in [0, 0.05) is 43.2 Å². The molecule has 1 N–H and O–H groups in total. The predicted octanol–water partition coefficient (Wildman–Crippen LogP) is 3.08. The molecule has 1 atom stereocenters. The fourth-order valence-corrected chi connectivity index (χ4v) is 4.21. The molecule has 2 saturated heterocycles. The number of carbonyl (C=O) groups excluding carboxylic acids is 2. The number of aromatic nitrogens is 2. The van der Waals surface area contributed by atoms with Crippen molar-refractivity contribution in [1.29, 1.82) is 0 Å². The first kappa shape index (κ1) is 17.8. The van der Waals surface area contributed by atoms with Gasteiger partial charge in [0.15, 0.2) is 0 Å². The molecule has 2 amide bonds. The van der Waals surface area contributed by atoms with Gasteiger partial charge in [0.05, 0.1) is 18.2 Å². The fraction of sp³-hybridized carbons (Fsp3) is 0.476. The summed E-state index contributed by atoms with van der Waals surface area (Å²) in [5, 5.41) is 0. The van der Waals surface area contributed by atoms with E-state index in [1.54, 1.807) is 12.5 Å². The first-order valence-corrected chi connectivity index (χ1v) is 9.90. The molecule has 27 heavy (non-hydrogen) atoms. The zero-order valence-electron chi connectivity index (χ0n) is 15.6. The Bertz CT molecular complexity index is 802. The Balaban J connectivity index is 1.47. The van der Waals surface area contributed by atoms with E-state index in [0.29, 0.717) is 12.0 Å². The van der Waals surface area contributed by atoms with Gasteiger partial charge in [-0.2, -0.15) is 0 Å². The Hall–Kier alpha value is -2.63. The fourth-order valence-electron chi connectivity index (χ4n) is 4.21. The second kappa shape index (κ2) is 7.94. The van der Waals surface area contributed by atoms with Gasteiger partial charge in [0.25, 0.3) is 5.91 Å². The quantitative estimate of drug-likeness (QED) is 0.884. The maximum atomic E-state index is 13.2. The molecule has 142 valence electrons. The van der Waals surface area contributed by atoms with Crippen molar-refractivity contribution in [2.24, 2.45) is 0 Å². The summed E-state index contributed by atoms with van der Waals surface area (Å²) in [5.74, 6) is 0.352. The van der Waals surface area contributed by atoms with Crippen LogP contribution in [0.25, 0.3) is 11.3 Å². The standard InChI is InChI=1S/C21H26N4O2/c26-20-8-4-10-24(20)12-9-18-7-1-2-11-25(18)21(27)17-6-3-5-16(13-17)19-14-22-15-23-19/h3,5-6,13-15,18H,1-2,4,7-12H2,(H,22,23)/t18-/m0/s1. The molecule has 6 heteroatoms. The van der Waals surface area contributed by atoms with Crippen LogP contribution >= 0.6 is 0 Å². The molecule has 0 bridgehead atoms. The van der Waals surface area contributed by atoms with Gasteiger partial charge in [-0.15, -0.1) is 0 Å². The van der Waals surface area contributed by atoms with Crippen molar-refractivity contribution < 1.29 is 9.59 Å². The van der Waals surface area contributed by atoms with Crippen LogP contribution in [0, 0.1) is 0 Å². The van der Waals surface area contributed by atoms with Crippen molar-refractivity contribution in [2.75, 3.05) is 19.6 Å². The summed E-state index contributed by atoms with van der Waals surface area (Å²) < 4.78 is 0. The summed E-state index contributed by atoms with van der Waals surface area (Å²) >= 11 is 0. The minimum Gasteiger partial charge on any atom is -0.345 e. The number of rotatable bonds is 5. The molecule has 0 aliphatic carbocycles. The molecule has 1 aromatic heterocycles. The third kappa shape index (κ3) is 3.89. The van der Waals surface area contributed by atoms with Crippen molar-refractivity contribution in [3.63, 3.8) is 0 Å². The lowest BCUT2D eigenvalue weighted by molar-refractivity contribution is -0.127. The summed E-state index contributed by atoms with van der Waals surface area (Å²) in [5.41, 5.74) is 2.59. The number of hydrogen-bond acceptors (Lipinski definition) is 3.